The molecule has 0 saturated carbocycles. The predicted molar refractivity (Wildman–Crippen MR) is 92.6 cm³/mol. The maximum absolute atomic E-state index is 5.97. The molecule has 0 radical (unpaired) electrons. The zero-order chi connectivity index (χ0) is 14.8. The molecule has 21 heavy (non-hydrogen) atoms. The van der Waals surface area contributed by atoms with E-state index in [2.05, 4.69) is 57.8 Å². The molecule has 1 heterocycles. The number of fused-ring (bicyclic) bond motifs is 1. The van der Waals surface area contributed by atoms with Gasteiger partial charge in [0.05, 0.1) is 16.7 Å². The van der Waals surface area contributed by atoms with E-state index in [4.69, 9.17) is 16.6 Å². The van der Waals surface area contributed by atoms with E-state index in [1.165, 1.54) is 11.3 Å². The van der Waals surface area contributed by atoms with Crippen LogP contribution in [0.2, 0.25) is 0 Å². The molecule has 0 bridgehead atoms. The highest BCUT2D eigenvalue weighted by Crippen LogP contribution is 2.27. The zero-order valence-corrected chi connectivity index (χ0v) is 14.2. The minimum Gasteiger partial charge on any atom is -0.296 e. The van der Waals surface area contributed by atoms with Crippen LogP contribution in [0, 0.1) is 0 Å². The van der Waals surface area contributed by atoms with Gasteiger partial charge in [-0.05, 0) is 36.2 Å². The van der Waals surface area contributed by atoms with Crippen molar-refractivity contribution in [1.82, 2.24) is 9.55 Å². The standard InChI is InChI=1S/C17H16BrClN2/c1-2-12-5-3-4-6-15(12)21-16-11-13(18)7-8-14(16)20-17(21)9-10-19/h3-8,11H,2,9-10H2,1H3. The van der Waals surface area contributed by atoms with Gasteiger partial charge in [0.1, 0.15) is 5.82 Å². The van der Waals surface area contributed by atoms with Crippen LogP contribution in [0.3, 0.4) is 0 Å². The first-order chi connectivity index (χ1) is 10.2. The Kier molecular flexibility index (Phi) is 4.32. The molecule has 0 fully saturated rings. The van der Waals surface area contributed by atoms with Crippen LogP contribution in [0.5, 0.6) is 0 Å². The number of hydrogen-bond donors (Lipinski definition) is 0. The van der Waals surface area contributed by atoms with Crippen molar-refractivity contribution in [2.45, 2.75) is 19.8 Å². The molecule has 0 N–H and O–H groups in total. The highest BCUT2D eigenvalue weighted by Gasteiger charge is 2.14. The SMILES string of the molecule is CCc1ccccc1-n1c(CCCl)nc2ccc(Br)cc21. The van der Waals surface area contributed by atoms with Gasteiger partial charge in [-0.15, -0.1) is 11.6 Å². The predicted octanol–water partition coefficient (Wildman–Crippen LogP) is 5.13. The van der Waals surface area contributed by atoms with Gasteiger partial charge in [-0.2, -0.15) is 0 Å². The Morgan fingerprint density at radius 3 is 2.76 bits per heavy atom. The smallest absolute Gasteiger partial charge is 0.115 e. The third-order valence-corrected chi connectivity index (χ3v) is 4.30. The van der Waals surface area contributed by atoms with E-state index in [1.807, 2.05) is 12.1 Å². The monoisotopic (exact) mass is 362 g/mol. The van der Waals surface area contributed by atoms with Gasteiger partial charge in [0, 0.05) is 16.8 Å². The summed E-state index contributed by atoms with van der Waals surface area (Å²) in [6.07, 6.45) is 1.75. The van der Waals surface area contributed by atoms with Gasteiger partial charge >= 0.3 is 0 Å². The zero-order valence-electron chi connectivity index (χ0n) is 11.8. The van der Waals surface area contributed by atoms with Gasteiger partial charge in [-0.25, -0.2) is 4.98 Å². The Labute approximate surface area is 137 Å². The summed E-state index contributed by atoms with van der Waals surface area (Å²) >= 11 is 9.52. The Morgan fingerprint density at radius 2 is 2.00 bits per heavy atom. The lowest BCUT2D eigenvalue weighted by atomic mass is 10.1. The Hall–Kier alpha value is -1.32. The van der Waals surface area contributed by atoms with Crippen LogP contribution in [-0.2, 0) is 12.8 Å². The maximum Gasteiger partial charge on any atom is 0.115 e. The molecular formula is C17H16BrClN2. The molecule has 2 aromatic carbocycles. The van der Waals surface area contributed by atoms with Crippen LogP contribution >= 0.6 is 27.5 Å². The molecule has 4 heteroatoms. The molecule has 0 atom stereocenters. The van der Waals surface area contributed by atoms with E-state index >= 15 is 0 Å². The van der Waals surface area contributed by atoms with Crippen LogP contribution in [-0.4, -0.2) is 15.4 Å². The van der Waals surface area contributed by atoms with E-state index < -0.39 is 0 Å². The first-order valence-electron chi connectivity index (χ1n) is 7.05. The summed E-state index contributed by atoms with van der Waals surface area (Å²) in [5.41, 5.74) is 4.63. The number of imidazole rings is 1. The fourth-order valence-corrected chi connectivity index (χ4v) is 3.17. The van der Waals surface area contributed by atoms with Crippen molar-refractivity contribution in [1.29, 1.82) is 0 Å². The molecule has 0 aliphatic heterocycles. The number of alkyl halides is 1. The van der Waals surface area contributed by atoms with E-state index in [9.17, 15) is 0 Å². The van der Waals surface area contributed by atoms with Gasteiger partial charge in [0.25, 0.3) is 0 Å². The fraction of sp³-hybridized carbons (Fsp3) is 0.235. The molecule has 0 unspecified atom stereocenters. The number of benzene rings is 2. The van der Waals surface area contributed by atoms with Crippen LogP contribution in [0.25, 0.3) is 16.7 Å². The molecule has 0 amide bonds. The van der Waals surface area contributed by atoms with Gasteiger partial charge in [0.15, 0.2) is 0 Å². The number of rotatable bonds is 4. The van der Waals surface area contributed by atoms with Crippen molar-refractivity contribution >= 4 is 38.6 Å². The Balaban J connectivity index is 2.32. The first kappa shape index (κ1) is 14.6. The second-order valence-electron chi connectivity index (χ2n) is 4.92. The van der Waals surface area contributed by atoms with Crippen LogP contribution in [0.1, 0.15) is 18.3 Å². The van der Waals surface area contributed by atoms with Crippen molar-refractivity contribution in [3.63, 3.8) is 0 Å². The van der Waals surface area contributed by atoms with E-state index in [0.29, 0.717) is 5.88 Å². The van der Waals surface area contributed by atoms with Crippen LogP contribution in [0.15, 0.2) is 46.9 Å². The average molecular weight is 364 g/mol. The summed E-state index contributed by atoms with van der Waals surface area (Å²) in [4.78, 5) is 4.75. The third-order valence-electron chi connectivity index (χ3n) is 3.62. The number of aromatic nitrogens is 2. The molecule has 3 rings (SSSR count). The molecule has 2 nitrogen and oxygen atoms in total. The molecule has 0 aliphatic rings. The lowest BCUT2D eigenvalue weighted by Crippen LogP contribution is -2.05. The van der Waals surface area contributed by atoms with Crippen LogP contribution < -0.4 is 0 Å². The van der Waals surface area contributed by atoms with Crippen molar-refractivity contribution in [2.75, 3.05) is 5.88 Å². The molecule has 0 aliphatic carbocycles. The van der Waals surface area contributed by atoms with Crippen molar-refractivity contribution < 1.29 is 0 Å². The molecule has 1 aromatic heterocycles. The summed E-state index contributed by atoms with van der Waals surface area (Å²) in [5, 5.41) is 0. The maximum atomic E-state index is 5.97. The molecule has 3 aromatic rings. The highest BCUT2D eigenvalue weighted by atomic mass is 79.9. The van der Waals surface area contributed by atoms with Gasteiger partial charge in [-0.3, -0.25) is 4.57 Å². The van der Waals surface area contributed by atoms with Crippen molar-refractivity contribution in [3.05, 3.63) is 58.3 Å². The van der Waals surface area contributed by atoms with Gasteiger partial charge < -0.3 is 0 Å². The first-order valence-corrected chi connectivity index (χ1v) is 8.38. The lowest BCUT2D eigenvalue weighted by Gasteiger charge is -2.13. The summed E-state index contributed by atoms with van der Waals surface area (Å²) < 4.78 is 3.30. The number of nitrogens with zero attached hydrogens (tertiary/aromatic N) is 2. The number of halogens is 2. The minimum atomic E-state index is 0.568. The molecular weight excluding hydrogens is 348 g/mol. The largest absolute Gasteiger partial charge is 0.296 e. The number of aryl methyl sites for hydroxylation is 2. The summed E-state index contributed by atoms with van der Waals surface area (Å²) in [6.45, 7) is 2.18. The Bertz CT molecular complexity index is 780. The summed E-state index contributed by atoms with van der Waals surface area (Å²) in [5.74, 6) is 1.58. The highest BCUT2D eigenvalue weighted by molar-refractivity contribution is 9.10. The normalized spacial score (nSPS) is 11.2. The van der Waals surface area contributed by atoms with Crippen LogP contribution in [0.4, 0.5) is 0 Å². The second-order valence-corrected chi connectivity index (χ2v) is 6.21. The third kappa shape index (κ3) is 2.72. The van der Waals surface area contributed by atoms with Gasteiger partial charge in [0.2, 0.25) is 0 Å². The van der Waals surface area contributed by atoms with E-state index in [1.54, 1.807) is 0 Å². The van der Waals surface area contributed by atoms with E-state index in [0.717, 1.165) is 34.2 Å². The van der Waals surface area contributed by atoms with Crippen molar-refractivity contribution in [2.24, 2.45) is 0 Å². The topological polar surface area (TPSA) is 17.8 Å². The molecule has 0 spiro atoms. The van der Waals surface area contributed by atoms with Gasteiger partial charge in [-0.1, -0.05) is 41.1 Å². The van der Waals surface area contributed by atoms with E-state index in [-0.39, 0.29) is 0 Å². The quantitative estimate of drug-likeness (QED) is 0.587. The minimum absolute atomic E-state index is 0.568. The second kappa shape index (κ2) is 6.20. The molecule has 108 valence electrons. The lowest BCUT2D eigenvalue weighted by molar-refractivity contribution is 0.899. The summed E-state index contributed by atoms with van der Waals surface area (Å²) in [6, 6.07) is 14.7. The Morgan fingerprint density at radius 1 is 1.19 bits per heavy atom. The summed E-state index contributed by atoms with van der Waals surface area (Å²) in [7, 11) is 0. The fourth-order valence-electron chi connectivity index (χ4n) is 2.65. The van der Waals surface area contributed by atoms with Crippen molar-refractivity contribution in [3.8, 4) is 5.69 Å². The molecule has 0 saturated heterocycles. The average Bonchev–Trinajstić information content (AvgIpc) is 2.84. The number of para-hydroxylation sites is 1. The number of hydrogen-bond acceptors (Lipinski definition) is 1.